The van der Waals surface area contributed by atoms with E-state index < -0.39 is 0 Å². The molecule has 0 fully saturated rings. The van der Waals surface area contributed by atoms with E-state index >= 15 is 0 Å². The minimum absolute atomic E-state index is 0.0129. The summed E-state index contributed by atoms with van der Waals surface area (Å²) < 4.78 is 15.6. The molecule has 0 aliphatic heterocycles. The number of ether oxygens (including phenoxy) is 3. The van der Waals surface area contributed by atoms with Crippen molar-refractivity contribution >= 4 is 11.8 Å². The molecule has 4 N–H and O–H groups in total. The Hall–Kier alpha value is -1.22. The van der Waals surface area contributed by atoms with Crippen molar-refractivity contribution in [1.82, 2.24) is 10.6 Å². The third-order valence-corrected chi connectivity index (χ3v) is 4.18. The molecular weight excluding hydrogens is 350 g/mol. The predicted octanol–water partition coefficient (Wildman–Crippen LogP) is 0.976. The maximum Gasteiger partial charge on any atom is 0.237 e. The SMILES string of the molecule is CNC(CCCCCCCCC(N)=O)C(=O)NCCOCCOCCOC. The zero-order valence-corrected chi connectivity index (χ0v) is 17.1. The van der Waals surface area contributed by atoms with Crippen LogP contribution in [-0.2, 0) is 23.8 Å². The second-order valence-electron chi connectivity index (χ2n) is 6.48. The minimum Gasteiger partial charge on any atom is -0.382 e. The number of hydrogen-bond donors (Lipinski definition) is 3. The van der Waals surface area contributed by atoms with Gasteiger partial charge in [0.05, 0.1) is 39.1 Å². The van der Waals surface area contributed by atoms with E-state index in [9.17, 15) is 9.59 Å². The molecule has 0 spiro atoms. The number of rotatable bonds is 20. The summed E-state index contributed by atoms with van der Waals surface area (Å²) in [4.78, 5) is 22.8. The lowest BCUT2D eigenvalue weighted by molar-refractivity contribution is -0.123. The van der Waals surface area contributed by atoms with E-state index in [1.165, 1.54) is 0 Å². The first kappa shape index (κ1) is 25.8. The lowest BCUT2D eigenvalue weighted by Gasteiger charge is -2.16. The lowest BCUT2D eigenvalue weighted by atomic mass is 10.0. The summed E-state index contributed by atoms with van der Waals surface area (Å²) in [7, 11) is 3.44. The Morgan fingerprint density at radius 1 is 0.889 bits per heavy atom. The highest BCUT2D eigenvalue weighted by atomic mass is 16.5. The number of unbranched alkanes of at least 4 members (excludes halogenated alkanes) is 5. The van der Waals surface area contributed by atoms with Gasteiger partial charge in [0.1, 0.15) is 0 Å². The van der Waals surface area contributed by atoms with Gasteiger partial charge >= 0.3 is 0 Å². The molecule has 0 aromatic heterocycles. The third-order valence-electron chi connectivity index (χ3n) is 4.18. The monoisotopic (exact) mass is 389 g/mol. The number of hydrogen-bond acceptors (Lipinski definition) is 6. The van der Waals surface area contributed by atoms with Crippen molar-refractivity contribution in [2.24, 2.45) is 5.73 Å². The Kier molecular flexibility index (Phi) is 18.7. The van der Waals surface area contributed by atoms with E-state index in [4.69, 9.17) is 19.9 Å². The van der Waals surface area contributed by atoms with E-state index in [1.54, 1.807) is 7.11 Å². The molecule has 0 radical (unpaired) electrons. The molecule has 0 aromatic carbocycles. The largest absolute Gasteiger partial charge is 0.382 e. The quantitative estimate of drug-likeness (QED) is 0.268. The van der Waals surface area contributed by atoms with Gasteiger partial charge in [-0.25, -0.2) is 0 Å². The fourth-order valence-electron chi connectivity index (χ4n) is 2.60. The highest BCUT2D eigenvalue weighted by molar-refractivity contribution is 5.81. The molecule has 0 heterocycles. The van der Waals surface area contributed by atoms with E-state index in [-0.39, 0.29) is 17.9 Å². The number of nitrogens with two attached hydrogens (primary N) is 1. The van der Waals surface area contributed by atoms with Crippen LogP contribution in [0.25, 0.3) is 0 Å². The molecule has 0 rings (SSSR count). The number of amides is 2. The van der Waals surface area contributed by atoms with E-state index in [0.717, 1.165) is 44.9 Å². The third kappa shape index (κ3) is 17.9. The second kappa shape index (κ2) is 19.5. The van der Waals surface area contributed by atoms with Crippen LogP contribution in [0.2, 0.25) is 0 Å². The zero-order valence-electron chi connectivity index (χ0n) is 17.1. The van der Waals surface area contributed by atoms with Crippen molar-refractivity contribution in [2.75, 3.05) is 53.7 Å². The van der Waals surface area contributed by atoms with Crippen LogP contribution in [0.1, 0.15) is 51.4 Å². The minimum atomic E-state index is -0.223. The van der Waals surface area contributed by atoms with Gasteiger partial charge < -0.3 is 30.6 Å². The van der Waals surface area contributed by atoms with Crippen molar-refractivity contribution in [2.45, 2.75) is 57.4 Å². The highest BCUT2D eigenvalue weighted by Gasteiger charge is 2.14. The summed E-state index contributed by atoms with van der Waals surface area (Å²) in [6.07, 6.45) is 7.53. The van der Waals surface area contributed by atoms with Gasteiger partial charge in [0.25, 0.3) is 0 Å². The number of primary amides is 1. The molecule has 160 valence electrons. The predicted molar refractivity (Wildman–Crippen MR) is 106 cm³/mol. The number of nitrogens with one attached hydrogen (secondary N) is 2. The fourth-order valence-corrected chi connectivity index (χ4v) is 2.60. The van der Waals surface area contributed by atoms with Crippen LogP contribution in [-0.4, -0.2) is 71.6 Å². The smallest absolute Gasteiger partial charge is 0.237 e. The van der Waals surface area contributed by atoms with Crippen molar-refractivity contribution < 1.29 is 23.8 Å². The van der Waals surface area contributed by atoms with E-state index in [2.05, 4.69) is 10.6 Å². The molecule has 8 nitrogen and oxygen atoms in total. The molecule has 27 heavy (non-hydrogen) atoms. The van der Waals surface area contributed by atoms with Gasteiger partial charge in [-0.15, -0.1) is 0 Å². The molecular formula is C19H39N3O5. The van der Waals surface area contributed by atoms with Crippen LogP contribution < -0.4 is 16.4 Å². The lowest BCUT2D eigenvalue weighted by Crippen LogP contribution is -2.43. The Labute approximate surface area is 163 Å². The first-order chi connectivity index (χ1) is 13.1. The number of methoxy groups -OCH3 is 1. The van der Waals surface area contributed by atoms with Gasteiger partial charge in [0.15, 0.2) is 0 Å². The number of carbonyl (C=O) groups is 2. The van der Waals surface area contributed by atoms with E-state index in [0.29, 0.717) is 46.0 Å². The fraction of sp³-hybridized carbons (Fsp3) is 0.895. The first-order valence-electron chi connectivity index (χ1n) is 9.99. The number of carbonyl (C=O) groups excluding carboxylic acids is 2. The van der Waals surface area contributed by atoms with Crippen molar-refractivity contribution in [1.29, 1.82) is 0 Å². The normalized spacial score (nSPS) is 12.1. The van der Waals surface area contributed by atoms with Gasteiger partial charge in [-0.05, 0) is 19.9 Å². The summed E-state index contributed by atoms with van der Waals surface area (Å²) in [6, 6.07) is -0.169. The summed E-state index contributed by atoms with van der Waals surface area (Å²) in [6.45, 7) is 3.15. The molecule has 2 amide bonds. The van der Waals surface area contributed by atoms with Gasteiger partial charge in [-0.2, -0.15) is 0 Å². The molecule has 0 aliphatic rings. The van der Waals surface area contributed by atoms with Gasteiger partial charge in [0.2, 0.25) is 11.8 Å². The molecule has 8 heteroatoms. The van der Waals surface area contributed by atoms with Crippen LogP contribution in [0.4, 0.5) is 0 Å². The zero-order chi connectivity index (χ0) is 20.2. The summed E-state index contributed by atoms with van der Waals surface area (Å²) >= 11 is 0. The van der Waals surface area contributed by atoms with E-state index in [1.807, 2.05) is 7.05 Å². The van der Waals surface area contributed by atoms with Crippen molar-refractivity contribution in [3.63, 3.8) is 0 Å². The molecule has 0 bridgehead atoms. The average Bonchev–Trinajstić information content (AvgIpc) is 2.65. The second-order valence-corrected chi connectivity index (χ2v) is 6.48. The summed E-state index contributed by atoms with van der Waals surface area (Å²) in [5, 5.41) is 5.96. The topological polar surface area (TPSA) is 112 Å². The number of likely N-dealkylation sites (N-methyl/N-ethyl adjacent to an activating group) is 1. The van der Waals surface area contributed by atoms with Crippen molar-refractivity contribution in [3.8, 4) is 0 Å². The van der Waals surface area contributed by atoms with Gasteiger partial charge in [-0.1, -0.05) is 32.1 Å². The maximum absolute atomic E-state index is 12.1. The van der Waals surface area contributed by atoms with Crippen molar-refractivity contribution in [3.05, 3.63) is 0 Å². The summed E-state index contributed by atoms with van der Waals surface area (Å²) in [5.41, 5.74) is 5.11. The van der Waals surface area contributed by atoms with Crippen LogP contribution in [0.15, 0.2) is 0 Å². The van der Waals surface area contributed by atoms with Gasteiger partial charge in [0, 0.05) is 20.1 Å². The Balaban J connectivity index is 3.53. The Bertz CT molecular complexity index is 369. The maximum atomic E-state index is 12.1. The van der Waals surface area contributed by atoms with Crippen LogP contribution >= 0.6 is 0 Å². The van der Waals surface area contributed by atoms with Crippen LogP contribution in [0.3, 0.4) is 0 Å². The molecule has 0 aliphatic carbocycles. The first-order valence-corrected chi connectivity index (χ1v) is 9.99. The van der Waals surface area contributed by atoms with Crippen LogP contribution in [0.5, 0.6) is 0 Å². The molecule has 0 saturated carbocycles. The molecule has 1 unspecified atom stereocenters. The molecule has 0 aromatic rings. The Morgan fingerprint density at radius 2 is 1.48 bits per heavy atom. The van der Waals surface area contributed by atoms with Crippen LogP contribution in [0, 0.1) is 0 Å². The highest BCUT2D eigenvalue weighted by Crippen LogP contribution is 2.10. The summed E-state index contributed by atoms with van der Waals surface area (Å²) in [5.74, 6) is -0.211. The molecule has 1 atom stereocenters. The Morgan fingerprint density at radius 3 is 2.11 bits per heavy atom. The van der Waals surface area contributed by atoms with Gasteiger partial charge in [-0.3, -0.25) is 9.59 Å². The average molecular weight is 390 g/mol. The molecule has 0 saturated heterocycles. The standard InChI is InChI=1S/C19H39N3O5/c1-21-17(9-7-5-3-4-6-8-10-18(20)23)19(24)22-11-12-26-15-16-27-14-13-25-2/h17,21H,3-16H2,1-2H3,(H2,20,23)(H,22,24).